The van der Waals surface area contributed by atoms with Crippen molar-refractivity contribution >= 4 is 27.5 Å². The van der Waals surface area contributed by atoms with Gasteiger partial charge in [-0.25, -0.2) is 13.1 Å². The molecule has 1 saturated heterocycles. The Morgan fingerprint density at radius 1 is 1.03 bits per heavy atom. The Kier molecular flexibility index (Phi) is 7.28. The summed E-state index contributed by atoms with van der Waals surface area (Å²) in [5.74, 6) is 0.473. The molecular weight excluding hydrogens is 462 g/mol. The van der Waals surface area contributed by atoms with Gasteiger partial charge in [-0.15, -0.1) is 0 Å². The maximum absolute atomic E-state index is 13.5. The van der Waals surface area contributed by atoms with Crippen LogP contribution >= 0.6 is 11.6 Å². The van der Waals surface area contributed by atoms with Gasteiger partial charge < -0.3 is 14.5 Å². The number of halogens is 1. The molecule has 2 fully saturated rings. The second-order valence-corrected chi connectivity index (χ2v) is 10.9. The molecule has 2 aromatic carbocycles. The Morgan fingerprint density at radius 2 is 1.70 bits per heavy atom. The topological polar surface area (TPSA) is 78.9 Å². The lowest BCUT2D eigenvalue weighted by Gasteiger charge is -2.35. The van der Waals surface area contributed by atoms with Crippen molar-refractivity contribution in [3.8, 4) is 5.75 Å². The summed E-state index contributed by atoms with van der Waals surface area (Å²) in [5.41, 5.74) is 1.02. The molecule has 2 aliphatic rings. The van der Waals surface area contributed by atoms with Crippen molar-refractivity contribution in [2.45, 2.75) is 29.7 Å². The molecular formula is C24H30ClN3O4S. The van der Waals surface area contributed by atoms with Crippen molar-refractivity contribution in [1.29, 1.82) is 0 Å². The fourth-order valence-corrected chi connectivity index (χ4v) is 6.61. The molecule has 4 rings (SSSR count). The first kappa shape index (κ1) is 24.0. The van der Waals surface area contributed by atoms with Crippen LogP contribution in [-0.2, 0) is 14.8 Å². The summed E-state index contributed by atoms with van der Waals surface area (Å²) in [4.78, 5) is 17.7. The van der Waals surface area contributed by atoms with Crippen LogP contribution in [-0.4, -0.2) is 70.5 Å². The SMILES string of the molecule is COc1ccc([C@H]2C[C@H](NS(=O)(=O)c3ccccc3Cl)C[C@@H]2C(=O)N2CCN(C)CC2)cc1. The Morgan fingerprint density at radius 3 is 2.33 bits per heavy atom. The molecule has 7 nitrogen and oxygen atoms in total. The Bertz CT molecular complexity index is 1090. The fraction of sp³-hybridized carbons (Fsp3) is 0.458. The van der Waals surface area contributed by atoms with E-state index in [0.29, 0.717) is 25.9 Å². The van der Waals surface area contributed by atoms with Crippen LogP contribution in [0.2, 0.25) is 5.02 Å². The van der Waals surface area contributed by atoms with Gasteiger partial charge in [0.1, 0.15) is 10.6 Å². The summed E-state index contributed by atoms with van der Waals surface area (Å²) in [6.07, 6.45) is 0.992. The van der Waals surface area contributed by atoms with E-state index in [1.54, 1.807) is 25.3 Å². The monoisotopic (exact) mass is 491 g/mol. The molecule has 0 spiro atoms. The molecule has 2 aromatic rings. The standard InChI is InChI=1S/C24H30ClN3O4S/c1-27-11-13-28(14-12-27)24(29)21-16-18(15-20(21)17-7-9-19(32-2)10-8-17)26-33(30,31)23-6-4-3-5-22(23)25/h3-10,18,20-21,26H,11-16H2,1-2H3/t18-,20+,21-/m0/s1. The van der Waals surface area contributed by atoms with Gasteiger partial charge in [0.25, 0.3) is 0 Å². The van der Waals surface area contributed by atoms with E-state index >= 15 is 0 Å². The number of methoxy groups -OCH3 is 1. The van der Waals surface area contributed by atoms with E-state index in [0.717, 1.165) is 24.4 Å². The highest BCUT2D eigenvalue weighted by atomic mass is 35.5. The lowest BCUT2D eigenvalue weighted by molar-refractivity contribution is -0.137. The first-order chi connectivity index (χ1) is 15.8. The van der Waals surface area contributed by atoms with Gasteiger partial charge in [0.2, 0.25) is 15.9 Å². The van der Waals surface area contributed by atoms with Gasteiger partial charge in [0, 0.05) is 38.1 Å². The van der Waals surface area contributed by atoms with Crippen molar-refractivity contribution < 1.29 is 17.9 Å². The number of ether oxygens (including phenoxy) is 1. The average molecular weight is 492 g/mol. The van der Waals surface area contributed by atoms with Crippen LogP contribution in [0.25, 0.3) is 0 Å². The van der Waals surface area contributed by atoms with E-state index in [1.807, 2.05) is 29.2 Å². The molecule has 33 heavy (non-hydrogen) atoms. The quantitative estimate of drug-likeness (QED) is 0.672. The number of nitrogens with one attached hydrogen (secondary N) is 1. The number of benzene rings is 2. The Hall–Kier alpha value is -2.13. The molecule has 9 heteroatoms. The normalized spacial score (nSPS) is 24.1. The highest BCUT2D eigenvalue weighted by Crippen LogP contribution is 2.42. The van der Waals surface area contributed by atoms with Crippen LogP contribution in [0.1, 0.15) is 24.3 Å². The smallest absolute Gasteiger partial charge is 0.242 e. The van der Waals surface area contributed by atoms with Gasteiger partial charge in [-0.2, -0.15) is 0 Å². The van der Waals surface area contributed by atoms with Crippen LogP contribution in [0, 0.1) is 5.92 Å². The summed E-state index contributed by atoms with van der Waals surface area (Å²) in [6, 6.07) is 13.7. The zero-order chi connectivity index (χ0) is 23.6. The summed E-state index contributed by atoms with van der Waals surface area (Å²) < 4.78 is 34.2. The van der Waals surface area contributed by atoms with Crippen LogP contribution in [0.4, 0.5) is 0 Å². The molecule has 1 saturated carbocycles. The predicted octanol–water partition coefficient (Wildman–Crippen LogP) is 2.96. The number of carbonyl (C=O) groups is 1. The third-order valence-electron chi connectivity index (χ3n) is 6.69. The van der Waals surface area contributed by atoms with Gasteiger partial charge in [-0.05, 0) is 55.6 Å². The first-order valence-electron chi connectivity index (χ1n) is 11.2. The highest BCUT2D eigenvalue weighted by Gasteiger charge is 2.43. The molecule has 0 bridgehead atoms. The van der Waals surface area contributed by atoms with Crippen LogP contribution < -0.4 is 9.46 Å². The molecule has 1 heterocycles. The van der Waals surface area contributed by atoms with Gasteiger partial charge in [0.05, 0.1) is 12.1 Å². The summed E-state index contributed by atoms with van der Waals surface area (Å²) in [6.45, 7) is 3.07. The summed E-state index contributed by atoms with van der Waals surface area (Å²) in [7, 11) is -0.138. The maximum Gasteiger partial charge on any atom is 0.242 e. The number of likely N-dealkylation sites (N-methyl/N-ethyl adjacent to an activating group) is 1. The molecule has 0 radical (unpaired) electrons. The lowest BCUT2D eigenvalue weighted by atomic mass is 9.87. The van der Waals surface area contributed by atoms with E-state index in [1.165, 1.54) is 6.07 Å². The number of nitrogens with zero attached hydrogens (tertiary/aromatic N) is 2. The number of piperazine rings is 1. The van der Waals surface area contributed by atoms with Crippen molar-refractivity contribution in [3.63, 3.8) is 0 Å². The maximum atomic E-state index is 13.5. The van der Waals surface area contributed by atoms with Gasteiger partial charge in [0.15, 0.2) is 0 Å². The van der Waals surface area contributed by atoms with Gasteiger partial charge in [-0.1, -0.05) is 35.9 Å². The molecule has 1 amide bonds. The van der Waals surface area contributed by atoms with Crippen molar-refractivity contribution in [2.75, 3.05) is 40.3 Å². The van der Waals surface area contributed by atoms with Crippen molar-refractivity contribution in [2.24, 2.45) is 5.92 Å². The minimum Gasteiger partial charge on any atom is -0.497 e. The Labute approximate surface area is 200 Å². The number of hydrogen-bond donors (Lipinski definition) is 1. The minimum atomic E-state index is -3.81. The number of hydrogen-bond acceptors (Lipinski definition) is 5. The molecule has 0 unspecified atom stereocenters. The fourth-order valence-electron chi connectivity index (χ4n) is 4.83. The summed E-state index contributed by atoms with van der Waals surface area (Å²) >= 11 is 6.14. The summed E-state index contributed by atoms with van der Waals surface area (Å²) in [5, 5.41) is 0.180. The number of amides is 1. The van der Waals surface area contributed by atoms with E-state index in [-0.39, 0.29) is 33.7 Å². The Balaban J connectivity index is 1.57. The predicted molar refractivity (Wildman–Crippen MR) is 128 cm³/mol. The van der Waals surface area contributed by atoms with E-state index < -0.39 is 10.0 Å². The van der Waals surface area contributed by atoms with Crippen molar-refractivity contribution in [1.82, 2.24) is 14.5 Å². The molecule has 178 valence electrons. The van der Waals surface area contributed by atoms with E-state index in [4.69, 9.17) is 16.3 Å². The van der Waals surface area contributed by atoms with Crippen LogP contribution in [0.3, 0.4) is 0 Å². The molecule has 3 atom stereocenters. The third-order valence-corrected chi connectivity index (χ3v) is 8.71. The van der Waals surface area contributed by atoms with Crippen LogP contribution in [0.15, 0.2) is 53.4 Å². The number of rotatable bonds is 6. The van der Waals surface area contributed by atoms with Gasteiger partial charge in [-0.3, -0.25) is 4.79 Å². The second kappa shape index (κ2) is 10.0. The second-order valence-electron chi connectivity index (χ2n) is 8.83. The van der Waals surface area contributed by atoms with Crippen molar-refractivity contribution in [3.05, 3.63) is 59.1 Å². The number of sulfonamides is 1. The largest absolute Gasteiger partial charge is 0.497 e. The average Bonchev–Trinajstić information content (AvgIpc) is 3.22. The van der Waals surface area contributed by atoms with Crippen LogP contribution in [0.5, 0.6) is 5.75 Å². The molecule has 1 N–H and O–H groups in total. The number of carbonyl (C=O) groups excluding carboxylic acids is 1. The zero-order valence-electron chi connectivity index (χ0n) is 18.9. The zero-order valence-corrected chi connectivity index (χ0v) is 20.5. The highest BCUT2D eigenvalue weighted by molar-refractivity contribution is 7.89. The first-order valence-corrected chi connectivity index (χ1v) is 13.0. The van der Waals surface area contributed by atoms with E-state index in [2.05, 4.69) is 16.7 Å². The van der Waals surface area contributed by atoms with Gasteiger partial charge >= 0.3 is 0 Å². The third kappa shape index (κ3) is 5.35. The lowest BCUT2D eigenvalue weighted by Crippen LogP contribution is -2.49. The minimum absolute atomic E-state index is 0.0570. The van der Waals surface area contributed by atoms with E-state index in [9.17, 15) is 13.2 Å². The molecule has 1 aliphatic carbocycles. The molecule has 0 aromatic heterocycles. The molecule has 1 aliphatic heterocycles.